The van der Waals surface area contributed by atoms with Gasteiger partial charge in [0, 0.05) is 23.3 Å². The Bertz CT molecular complexity index is 195. The maximum Gasteiger partial charge on any atom is 0.135 e. The lowest BCUT2D eigenvalue weighted by molar-refractivity contribution is -0.119. The van der Waals surface area contributed by atoms with Crippen molar-refractivity contribution in [1.82, 2.24) is 0 Å². The predicted octanol–water partition coefficient (Wildman–Crippen LogP) is 4.98. The number of carbonyl (C=O) groups excluding carboxylic acids is 1. The number of ketones is 1. The van der Waals surface area contributed by atoms with E-state index in [1.165, 1.54) is 51.4 Å². The molecule has 0 aromatic heterocycles. The average molecular weight is 256 g/mol. The average Bonchev–Trinajstić information content (AvgIpc) is 2.29. The van der Waals surface area contributed by atoms with Crippen LogP contribution in [0.5, 0.6) is 0 Å². The minimum atomic E-state index is 0.520. The Morgan fingerprint density at radius 2 is 1.41 bits per heavy atom. The first-order valence-corrected chi connectivity index (χ1v) is 8.37. The van der Waals surface area contributed by atoms with Crippen LogP contribution in [-0.4, -0.2) is 16.3 Å². The Balaban J connectivity index is 2.24. The van der Waals surface area contributed by atoms with E-state index in [4.69, 9.17) is 0 Å². The van der Waals surface area contributed by atoms with Crippen LogP contribution in [0.4, 0.5) is 0 Å². The minimum Gasteiger partial charge on any atom is -0.300 e. The summed E-state index contributed by atoms with van der Waals surface area (Å²) in [4.78, 5) is 11.7. The first-order chi connectivity index (χ1) is 8.26. The highest BCUT2D eigenvalue weighted by Crippen LogP contribution is 2.35. The van der Waals surface area contributed by atoms with Gasteiger partial charge >= 0.3 is 0 Å². The van der Waals surface area contributed by atoms with Crippen LogP contribution >= 0.6 is 11.8 Å². The first-order valence-electron chi connectivity index (χ1n) is 7.43. The highest BCUT2D eigenvalue weighted by Gasteiger charge is 2.26. The number of unbranched alkanes of at least 4 members (excludes halogenated alkanes) is 4. The van der Waals surface area contributed by atoms with E-state index in [-0.39, 0.29) is 0 Å². The number of hydrogen-bond donors (Lipinski definition) is 0. The molecule has 0 spiro atoms. The second-order valence-corrected chi connectivity index (χ2v) is 6.92. The molecule has 0 amide bonds. The van der Waals surface area contributed by atoms with Crippen molar-refractivity contribution in [3.8, 4) is 0 Å². The van der Waals surface area contributed by atoms with E-state index in [9.17, 15) is 4.79 Å². The summed E-state index contributed by atoms with van der Waals surface area (Å²) in [6.45, 7) is 4.49. The molecule has 2 unspecified atom stereocenters. The van der Waals surface area contributed by atoms with E-state index in [0.29, 0.717) is 16.3 Å². The molecular formula is C15H28OS. The lowest BCUT2D eigenvalue weighted by atomic mass is 10.0. The SMILES string of the molecule is CCCCCC1CC(=O)CC(CCCCC)S1. The predicted molar refractivity (Wildman–Crippen MR) is 77.7 cm³/mol. The fourth-order valence-corrected chi connectivity index (χ4v) is 4.26. The molecule has 1 nitrogen and oxygen atoms in total. The molecule has 0 aromatic rings. The van der Waals surface area contributed by atoms with Crippen molar-refractivity contribution in [1.29, 1.82) is 0 Å². The topological polar surface area (TPSA) is 17.1 Å². The van der Waals surface area contributed by atoms with Crippen LogP contribution in [0.1, 0.15) is 78.1 Å². The van der Waals surface area contributed by atoms with E-state index in [1.54, 1.807) is 0 Å². The molecule has 1 aliphatic rings. The lowest BCUT2D eigenvalue weighted by Crippen LogP contribution is -2.25. The molecule has 1 fully saturated rings. The molecular weight excluding hydrogens is 228 g/mol. The summed E-state index contributed by atoms with van der Waals surface area (Å²) in [6.07, 6.45) is 12.0. The fraction of sp³-hybridized carbons (Fsp3) is 0.933. The maximum absolute atomic E-state index is 11.7. The van der Waals surface area contributed by atoms with E-state index in [0.717, 1.165) is 12.8 Å². The van der Waals surface area contributed by atoms with Crippen molar-refractivity contribution in [3.05, 3.63) is 0 Å². The van der Waals surface area contributed by atoms with Gasteiger partial charge in [0.1, 0.15) is 5.78 Å². The molecule has 1 aliphatic heterocycles. The third-order valence-electron chi connectivity index (χ3n) is 3.55. The van der Waals surface area contributed by atoms with Crippen molar-refractivity contribution in [2.24, 2.45) is 0 Å². The van der Waals surface area contributed by atoms with Crippen molar-refractivity contribution in [2.75, 3.05) is 0 Å². The number of carbonyl (C=O) groups is 1. The molecule has 0 aliphatic carbocycles. The molecule has 2 heteroatoms. The number of hydrogen-bond acceptors (Lipinski definition) is 2. The van der Waals surface area contributed by atoms with Crippen LogP contribution in [-0.2, 0) is 4.79 Å². The number of Topliss-reactive ketones (excluding diaryl/α,β-unsaturated/α-hetero) is 1. The van der Waals surface area contributed by atoms with Crippen LogP contribution in [0.25, 0.3) is 0 Å². The smallest absolute Gasteiger partial charge is 0.135 e. The Morgan fingerprint density at radius 3 is 1.82 bits per heavy atom. The normalized spacial score (nSPS) is 25.2. The van der Waals surface area contributed by atoms with Crippen LogP contribution in [0.15, 0.2) is 0 Å². The highest BCUT2D eigenvalue weighted by molar-refractivity contribution is 8.00. The molecule has 0 N–H and O–H groups in total. The third kappa shape index (κ3) is 6.49. The quantitative estimate of drug-likeness (QED) is 0.570. The van der Waals surface area contributed by atoms with Crippen molar-refractivity contribution >= 4 is 17.5 Å². The van der Waals surface area contributed by atoms with Gasteiger partial charge in [-0.25, -0.2) is 0 Å². The molecule has 100 valence electrons. The largest absolute Gasteiger partial charge is 0.300 e. The van der Waals surface area contributed by atoms with Gasteiger partial charge in [-0.15, -0.1) is 0 Å². The molecule has 0 aromatic carbocycles. The summed E-state index contributed by atoms with van der Waals surface area (Å²) in [5.41, 5.74) is 0. The molecule has 0 radical (unpaired) electrons. The summed E-state index contributed by atoms with van der Waals surface area (Å²) in [5, 5.41) is 1.27. The molecule has 17 heavy (non-hydrogen) atoms. The molecule has 0 bridgehead atoms. The first kappa shape index (κ1) is 15.1. The number of rotatable bonds is 8. The van der Waals surface area contributed by atoms with Gasteiger partial charge in [-0.1, -0.05) is 52.4 Å². The van der Waals surface area contributed by atoms with Crippen LogP contribution < -0.4 is 0 Å². The standard InChI is InChI=1S/C15H28OS/c1-3-5-7-9-14-11-13(16)12-15(17-14)10-8-6-4-2/h14-15H,3-12H2,1-2H3. The van der Waals surface area contributed by atoms with Gasteiger partial charge in [0.15, 0.2) is 0 Å². The van der Waals surface area contributed by atoms with Crippen LogP contribution in [0.3, 0.4) is 0 Å². The molecule has 1 heterocycles. The zero-order valence-corrected chi connectivity index (χ0v) is 12.4. The Morgan fingerprint density at radius 1 is 0.941 bits per heavy atom. The summed E-state index contributed by atoms with van der Waals surface area (Å²) >= 11 is 2.12. The van der Waals surface area contributed by atoms with Gasteiger partial charge < -0.3 is 0 Å². The molecule has 1 rings (SSSR count). The van der Waals surface area contributed by atoms with E-state index in [1.807, 2.05) is 0 Å². The summed E-state index contributed by atoms with van der Waals surface area (Å²) in [6, 6.07) is 0. The highest BCUT2D eigenvalue weighted by atomic mass is 32.2. The molecule has 0 saturated carbocycles. The lowest BCUT2D eigenvalue weighted by Gasteiger charge is -2.28. The van der Waals surface area contributed by atoms with Gasteiger partial charge in [-0.05, 0) is 12.8 Å². The van der Waals surface area contributed by atoms with Crippen molar-refractivity contribution in [3.63, 3.8) is 0 Å². The Hall–Kier alpha value is 0.0200. The third-order valence-corrected chi connectivity index (χ3v) is 5.13. The fourth-order valence-electron chi connectivity index (χ4n) is 2.54. The van der Waals surface area contributed by atoms with Crippen molar-refractivity contribution < 1.29 is 4.79 Å². The van der Waals surface area contributed by atoms with E-state index < -0.39 is 0 Å². The van der Waals surface area contributed by atoms with Gasteiger partial charge in [-0.2, -0.15) is 11.8 Å². The van der Waals surface area contributed by atoms with Crippen LogP contribution in [0.2, 0.25) is 0 Å². The molecule has 1 saturated heterocycles. The monoisotopic (exact) mass is 256 g/mol. The zero-order chi connectivity index (χ0) is 12.5. The second-order valence-electron chi connectivity index (χ2n) is 5.32. The van der Waals surface area contributed by atoms with Gasteiger partial charge in [-0.3, -0.25) is 4.79 Å². The molecule has 2 atom stereocenters. The van der Waals surface area contributed by atoms with E-state index in [2.05, 4.69) is 25.6 Å². The second kappa shape index (κ2) is 9.02. The van der Waals surface area contributed by atoms with Gasteiger partial charge in [0.2, 0.25) is 0 Å². The van der Waals surface area contributed by atoms with Crippen molar-refractivity contribution in [2.45, 2.75) is 88.6 Å². The minimum absolute atomic E-state index is 0.520. The number of thioether (sulfide) groups is 1. The Labute approximate surface area is 111 Å². The summed E-state index contributed by atoms with van der Waals surface area (Å²) < 4.78 is 0. The summed E-state index contributed by atoms with van der Waals surface area (Å²) in [5.74, 6) is 0.520. The van der Waals surface area contributed by atoms with Crippen LogP contribution in [0, 0.1) is 0 Å². The Kier molecular flexibility index (Phi) is 8.00. The van der Waals surface area contributed by atoms with Gasteiger partial charge in [0.05, 0.1) is 0 Å². The summed E-state index contributed by atoms with van der Waals surface area (Å²) in [7, 11) is 0. The zero-order valence-electron chi connectivity index (χ0n) is 11.5. The van der Waals surface area contributed by atoms with E-state index >= 15 is 0 Å². The maximum atomic E-state index is 11.7. The van der Waals surface area contributed by atoms with Gasteiger partial charge in [0.25, 0.3) is 0 Å².